The van der Waals surface area contributed by atoms with Gasteiger partial charge in [0.15, 0.2) is 23.2 Å². The summed E-state index contributed by atoms with van der Waals surface area (Å²) in [6.45, 7) is 5.06. The molecule has 1 heterocycles. The zero-order chi connectivity index (χ0) is 22.3. The van der Waals surface area contributed by atoms with Gasteiger partial charge in [0.1, 0.15) is 0 Å². The Balaban J connectivity index is 2.36. The highest BCUT2D eigenvalue weighted by Crippen LogP contribution is 2.39. The number of aromatic nitrogens is 1. The van der Waals surface area contributed by atoms with E-state index in [9.17, 15) is 33.0 Å². The number of aromatic hydroxyl groups is 1. The van der Waals surface area contributed by atoms with E-state index >= 15 is 0 Å². The van der Waals surface area contributed by atoms with Gasteiger partial charge in [0.05, 0.1) is 11.4 Å². The summed E-state index contributed by atoms with van der Waals surface area (Å²) in [5, 5.41) is 19.9. The third-order valence-electron chi connectivity index (χ3n) is 5.48. The second-order valence-corrected chi connectivity index (χ2v) is 7.29. The number of aliphatic carboxylic acids is 1. The molecule has 2 aromatic carbocycles. The van der Waals surface area contributed by atoms with E-state index in [0.29, 0.717) is 6.42 Å². The van der Waals surface area contributed by atoms with Gasteiger partial charge in [0, 0.05) is 22.7 Å². The molecule has 30 heavy (non-hydrogen) atoms. The predicted molar refractivity (Wildman–Crippen MR) is 104 cm³/mol. The smallest absolute Gasteiger partial charge is 0.311 e. The number of nitrogens with zero attached hydrogens (tertiary/aromatic N) is 1. The molecule has 0 fully saturated rings. The minimum absolute atomic E-state index is 0.0297. The van der Waals surface area contributed by atoms with Gasteiger partial charge in [0.2, 0.25) is 0 Å². The second-order valence-electron chi connectivity index (χ2n) is 7.29. The van der Waals surface area contributed by atoms with Crippen LogP contribution in [0.5, 0.6) is 5.75 Å². The molecule has 0 radical (unpaired) electrons. The highest BCUT2D eigenvalue weighted by molar-refractivity contribution is 6.05. The molecule has 5 nitrogen and oxygen atoms in total. The number of carboxylic acids is 1. The average Bonchev–Trinajstić information content (AvgIpc) is 2.95. The molecule has 2 N–H and O–H groups in total. The number of rotatable bonds is 5. The Hall–Kier alpha value is -3.29. The van der Waals surface area contributed by atoms with E-state index in [2.05, 4.69) is 0 Å². The lowest BCUT2D eigenvalue weighted by atomic mass is 9.84. The molecule has 0 amide bonds. The molecule has 0 aliphatic heterocycles. The molecule has 8 heteroatoms. The molecule has 0 aliphatic rings. The number of fused-ring (bicyclic) bond motifs is 1. The van der Waals surface area contributed by atoms with E-state index < -0.39 is 41.0 Å². The van der Waals surface area contributed by atoms with Crippen LogP contribution in [0.25, 0.3) is 10.9 Å². The van der Waals surface area contributed by atoms with Crippen molar-refractivity contribution in [1.29, 1.82) is 0 Å². The second kappa shape index (κ2) is 7.85. The van der Waals surface area contributed by atoms with Gasteiger partial charge >= 0.3 is 5.97 Å². The first-order chi connectivity index (χ1) is 14.1. The Kier molecular flexibility index (Phi) is 5.61. The zero-order valence-corrected chi connectivity index (χ0v) is 16.5. The molecule has 1 aromatic heterocycles. The first kappa shape index (κ1) is 21.4. The summed E-state index contributed by atoms with van der Waals surface area (Å²) in [5.41, 5.74) is 0.321. The fraction of sp³-hybridized carbons (Fsp3) is 0.273. The minimum atomic E-state index is -1.22. The Bertz CT molecular complexity index is 1170. The van der Waals surface area contributed by atoms with Crippen LogP contribution in [0.4, 0.5) is 13.2 Å². The summed E-state index contributed by atoms with van der Waals surface area (Å²) in [6, 6.07) is 4.62. The summed E-state index contributed by atoms with van der Waals surface area (Å²) in [5.74, 6) is -7.29. The lowest BCUT2D eigenvalue weighted by Crippen LogP contribution is -2.21. The van der Waals surface area contributed by atoms with E-state index in [1.807, 2.05) is 6.92 Å². The van der Waals surface area contributed by atoms with Crippen molar-refractivity contribution in [3.63, 3.8) is 0 Å². The van der Waals surface area contributed by atoms with Gasteiger partial charge < -0.3 is 10.2 Å². The Morgan fingerprint density at radius 3 is 2.30 bits per heavy atom. The molecule has 158 valence electrons. The number of hydrogen-bond donors (Lipinski definition) is 2. The zero-order valence-electron chi connectivity index (χ0n) is 16.5. The maximum Gasteiger partial charge on any atom is 0.311 e. The number of phenols is 1. The lowest BCUT2D eigenvalue weighted by molar-refractivity contribution is -0.140. The molecule has 0 bridgehead atoms. The van der Waals surface area contributed by atoms with E-state index in [0.717, 1.165) is 34.9 Å². The number of carbonyl (C=O) groups is 2. The normalized spacial score (nSPS) is 13.4. The third kappa shape index (κ3) is 3.42. The van der Waals surface area contributed by atoms with Crippen LogP contribution >= 0.6 is 0 Å². The standard InChI is InChI=1S/C22H20F3NO4/c1-4-10(2)19(22(29)30)20-11(3)26(17-9-16(25)18(27)8-13(17)20)21(28)12-5-6-14(23)15(24)7-12/h5-10,19,27H,4H2,1-3H3,(H,29,30)/t10-,19?/m0/s1. The number of hydrogen-bond acceptors (Lipinski definition) is 3. The average molecular weight is 419 g/mol. The van der Waals surface area contributed by atoms with Gasteiger partial charge in [-0.1, -0.05) is 20.3 Å². The molecule has 0 saturated carbocycles. The van der Waals surface area contributed by atoms with E-state index in [-0.39, 0.29) is 33.6 Å². The Morgan fingerprint density at radius 2 is 1.73 bits per heavy atom. The van der Waals surface area contributed by atoms with Crippen molar-refractivity contribution in [2.45, 2.75) is 33.1 Å². The highest BCUT2D eigenvalue weighted by Gasteiger charge is 2.33. The number of carbonyl (C=O) groups excluding carboxylic acids is 1. The fourth-order valence-electron chi connectivity index (χ4n) is 3.75. The van der Waals surface area contributed by atoms with Crippen LogP contribution in [-0.2, 0) is 4.79 Å². The molecule has 1 unspecified atom stereocenters. The predicted octanol–water partition coefficient (Wildman–Crippen LogP) is 4.98. The van der Waals surface area contributed by atoms with Gasteiger partial charge in [0.25, 0.3) is 5.91 Å². The van der Waals surface area contributed by atoms with E-state index in [1.165, 1.54) is 6.92 Å². The van der Waals surface area contributed by atoms with Crippen molar-refractivity contribution < 1.29 is 33.0 Å². The van der Waals surface area contributed by atoms with Crippen LogP contribution in [0.3, 0.4) is 0 Å². The van der Waals surface area contributed by atoms with Crippen LogP contribution in [0.15, 0.2) is 30.3 Å². The Morgan fingerprint density at radius 1 is 1.07 bits per heavy atom. The monoisotopic (exact) mass is 419 g/mol. The lowest BCUT2D eigenvalue weighted by Gasteiger charge is -2.20. The summed E-state index contributed by atoms with van der Waals surface area (Å²) in [6.07, 6.45) is 0.521. The maximum absolute atomic E-state index is 14.1. The maximum atomic E-state index is 14.1. The number of benzene rings is 2. The van der Waals surface area contributed by atoms with Gasteiger partial charge in [-0.25, -0.2) is 13.2 Å². The van der Waals surface area contributed by atoms with E-state index in [4.69, 9.17) is 0 Å². The van der Waals surface area contributed by atoms with Crippen molar-refractivity contribution in [2.75, 3.05) is 0 Å². The van der Waals surface area contributed by atoms with Crippen LogP contribution in [-0.4, -0.2) is 26.7 Å². The first-order valence-electron chi connectivity index (χ1n) is 9.34. The topological polar surface area (TPSA) is 79.5 Å². The van der Waals surface area contributed by atoms with Crippen molar-refractivity contribution in [3.05, 3.63) is 64.6 Å². The molecule has 3 rings (SSSR count). The van der Waals surface area contributed by atoms with Crippen molar-refractivity contribution >= 4 is 22.8 Å². The quantitative estimate of drug-likeness (QED) is 0.612. The number of halogens is 3. The molecule has 2 atom stereocenters. The summed E-state index contributed by atoms with van der Waals surface area (Å²) in [4.78, 5) is 25.2. The number of carboxylic acid groups (broad SMARTS) is 1. The minimum Gasteiger partial charge on any atom is -0.505 e. The molecular formula is C22H20F3NO4. The van der Waals surface area contributed by atoms with Crippen LogP contribution in [0.1, 0.15) is 47.8 Å². The summed E-state index contributed by atoms with van der Waals surface area (Å²) >= 11 is 0. The van der Waals surface area contributed by atoms with E-state index in [1.54, 1.807) is 6.92 Å². The van der Waals surface area contributed by atoms with Crippen LogP contribution < -0.4 is 0 Å². The highest BCUT2D eigenvalue weighted by atomic mass is 19.2. The SMILES string of the molecule is CC[C@H](C)C(C(=O)O)c1c(C)n(C(=O)c2ccc(F)c(F)c2)c2cc(F)c(O)cc12. The van der Waals surface area contributed by atoms with Crippen LogP contribution in [0, 0.1) is 30.3 Å². The van der Waals surface area contributed by atoms with Gasteiger partial charge in [-0.05, 0) is 42.7 Å². The molecule has 0 spiro atoms. The summed E-state index contributed by atoms with van der Waals surface area (Å²) < 4.78 is 42.2. The fourth-order valence-corrected chi connectivity index (χ4v) is 3.75. The van der Waals surface area contributed by atoms with Gasteiger partial charge in [-0.3, -0.25) is 14.2 Å². The van der Waals surface area contributed by atoms with Crippen molar-refractivity contribution in [2.24, 2.45) is 5.92 Å². The number of phenolic OH excluding ortho intramolecular Hbond substituents is 1. The summed E-state index contributed by atoms with van der Waals surface area (Å²) in [7, 11) is 0. The van der Waals surface area contributed by atoms with Crippen LogP contribution in [0.2, 0.25) is 0 Å². The van der Waals surface area contributed by atoms with Crippen molar-refractivity contribution in [3.8, 4) is 5.75 Å². The van der Waals surface area contributed by atoms with Gasteiger partial charge in [-0.15, -0.1) is 0 Å². The molecular weight excluding hydrogens is 399 g/mol. The first-order valence-corrected chi connectivity index (χ1v) is 9.34. The third-order valence-corrected chi connectivity index (χ3v) is 5.48. The molecule has 0 saturated heterocycles. The largest absolute Gasteiger partial charge is 0.505 e. The molecule has 0 aliphatic carbocycles. The van der Waals surface area contributed by atoms with Gasteiger partial charge in [-0.2, -0.15) is 0 Å². The molecule has 3 aromatic rings. The van der Waals surface area contributed by atoms with Crippen molar-refractivity contribution in [1.82, 2.24) is 4.57 Å². The Labute approximate surface area is 170 Å².